The number of hydrogen-bond donors (Lipinski definition) is 1. The standard InChI is InChI=1S/C23H27N5O2S/c1-14-15(2)31-23-20(14)21(24-13-25-23)28-11-9-17(10-12-28)22(30)26-18-5-7-19(8-6-18)27(4)16(3)29/h5-8,13,17H,9-12H2,1-4H3,(H,26,30). The highest BCUT2D eigenvalue weighted by atomic mass is 32.1. The second-order valence-corrected chi connectivity index (χ2v) is 9.24. The van der Waals surface area contributed by atoms with Crippen molar-refractivity contribution in [1.29, 1.82) is 0 Å². The number of piperidine rings is 1. The van der Waals surface area contributed by atoms with Crippen LogP contribution >= 0.6 is 11.3 Å². The van der Waals surface area contributed by atoms with Crippen LogP contribution in [0, 0.1) is 19.8 Å². The number of amides is 2. The Hall–Kier alpha value is -3.00. The minimum atomic E-state index is -0.0303. The number of nitrogens with zero attached hydrogens (tertiary/aromatic N) is 4. The first-order valence-corrected chi connectivity index (χ1v) is 11.3. The molecule has 0 saturated carbocycles. The lowest BCUT2D eigenvalue weighted by Gasteiger charge is -2.32. The summed E-state index contributed by atoms with van der Waals surface area (Å²) in [6.07, 6.45) is 3.20. The van der Waals surface area contributed by atoms with Gasteiger partial charge < -0.3 is 15.1 Å². The van der Waals surface area contributed by atoms with Crippen LogP contribution in [0.15, 0.2) is 30.6 Å². The lowest BCUT2D eigenvalue weighted by Crippen LogP contribution is -2.38. The summed E-state index contributed by atoms with van der Waals surface area (Å²) in [5.41, 5.74) is 2.79. The predicted octanol–water partition coefficient (Wildman–Crippen LogP) is 4.15. The van der Waals surface area contributed by atoms with Crippen LogP contribution in [0.25, 0.3) is 10.2 Å². The fourth-order valence-electron chi connectivity index (χ4n) is 3.95. The van der Waals surface area contributed by atoms with E-state index in [9.17, 15) is 9.59 Å². The van der Waals surface area contributed by atoms with Crippen molar-refractivity contribution in [3.8, 4) is 0 Å². The third-order valence-electron chi connectivity index (χ3n) is 6.11. The number of benzene rings is 1. The van der Waals surface area contributed by atoms with Gasteiger partial charge in [0.15, 0.2) is 0 Å². The number of carbonyl (C=O) groups is 2. The fourth-order valence-corrected chi connectivity index (χ4v) is 4.94. The molecule has 0 spiro atoms. The average molecular weight is 438 g/mol. The van der Waals surface area contributed by atoms with Gasteiger partial charge in [-0.1, -0.05) is 0 Å². The van der Waals surface area contributed by atoms with E-state index >= 15 is 0 Å². The fraction of sp³-hybridized carbons (Fsp3) is 0.391. The van der Waals surface area contributed by atoms with Crippen LogP contribution in [0.5, 0.6) is 0 Å². The minimum Gasteiger partial charge on any atom is -0.356 e. The molecule has 3 heterocycles. The van der Waals surface area contributed by atoms with Crippen molar-refractivity contribution in [3.05, 3.63) is 41.0 Å². The Kier molecular flexibility index (Phi) is 5.91. The first-order valence-electron chi connectivity index (χ1n) is 10.5. The van der Waals surface area contributed by atoms with E-state index in [1.165, 1.54) is 17.4 Å². The van der Waals surface area contributed by atoms with Crippen LogP contribution in [0.3, 0.4) is 0 Å². The lowest BCUT2D eigenvalue weighted by molar-refractivity contribution is -0.120. The van der Waals surface area contributed by atoms with Crippen LogP contribution in [0.1, 0.15) is 30.2 Å². The Morgan fingerprint density at radius 2 is 1.81 bits per heavy atom. The third kappa shape index (κ3) is 4.25. The monoisotopic (exact) mass is 437 g/mol. The number of nitrogens with one attached hydrogen (secondary N) is 1. The van der Waals surface area contributed by atoms with Gasteiger partial charge in [-0.05, 0) is 56.5 Å². The van der Waals surface area contributed by atoms with Gasteiger partial charge in [0.25, 0.3) is 0 Å². The highest BCUT2D eigenvalue weighted by Crippen LogP contribution is 2.35. The third-order valence-corrected chi connectivity index (χ3v) is 7.22. The number of fused-ring (bicyclic) bond motifs is 1. The summed E-state index contributed by atoms with van der Waals surface area (Å²) in [6, 6.07) is 7.35. The summed E-state index contributed by atoms with van der Waals surface area (Å²) in [7, 11) is 1.73. The van der Waals surface area contributed by atoms with Crippen molar-refractivity contribution in [3.63, 3.8) is 0 Å². The van der Waals surface area contributed by atoms with Crippen molar-refractivity contribution in [2.24, 2.45) is 5.92 Å². The van der Waals surface area contributed by atoms with Crippen LogP contribution in [-0.2, 0) is 9.59 Å². The Morgan fingerprint density at radius 3 is 2.45 bits per heavy atom. The normalized spacial score (nSPS) is 14.6. The van der Waals surface area contributed by atoms with E-state index in [0.717, 1.165) is 53.3 Å². The second kappa shape index (κ2) is 8.63. The molecule has 1 aliphatic rings. The molecule has 1 N–H and O–H groups in total. The van der Waals surface area contributed by atoms with E-state index < -0.39 is 0 Å². The van der Waals surface area contributed by atoms with E-state index in [-0.39, 0.29) is 17.7 Å². The molecule has 1 aliphatic heterocycles. The summed E-state index contributed by atoms with van der Waals surface area (Å²) < 4.78 is 0. The summed E-state index contributed by atoms with van der Waals surface area (Å²) in [5, 5.41) is 4.16. The molecule has 0 unspecified atom stereocenters. The number of anilines is 3. The van der Waals surface area contributed by atoms with Crippen LogP contribution < -0.4 is 15.1 Å². The number of aromatic nitrogens is 2. The van der Waals surface area contributed by atoms with E-state index in [1.807, 2.05) is 24.3 Å². The zero-order chi connectivity index (χ0) is 22.1. The quantitative estimate of drug-likeness (QED) is 0.664. The lowest BCUT2D eigenvalue weighted by atomic mass is 9.95. The molecule has 0 bridgehead atoms. The molecule has 7 nitrogen and oxygen atoms in total. The molecule has 8 heteroatoms. The highest BCUT2D eigenvalue weighted by molar-refractivity contribution is 7.18. The Morgan fingerprint density at radius 1 is 1.13 bits per heavy atom. The zero-order valence-corrected chi connectivity index (χ0v) is 19.1. The van der Waals surface area contributed by atoms with Gasteiger partial charge in [0, 0.05) is 49.2 Å². The molecule has 0 radical (unpaired) electrons. The Balaban J connectivity index is 1.39. The summed E-state index contributed by atoms with van der Waals surface area (Å²) in [5.74, 6) is 0.967. The van der Waals surface area contributed by atoms with E-state index in [2.05, 4.69) is 34.0 Å². The Bertz CT molecular complexity index is 1120. The maximum Gasteiger partial charge on any atom is 0.227 e. The van der Waals surface area contributed by atoms with Crippen molar-refractivity contribution in [2.75, 3.05) is 35.3 Å². The van der Waals surface area contributed by atoms with Crippen LogP contribution in [0.4, 0.5) is 17.2 Å². The van der Waals surface area contributed by atoms with Crippen molar-refractivity contribution >= 4 is 50.6 Å². The smallest absolute Gasteiger partial charge is 0.227 e. The predicted molar refractivity (Wildman–Crippen MR) is 126 cm³/mol. The Labute approximate surface area is 186 Å². The minimum absolute atomic E-state index is 0.0292. The second-order valence-electron chi connectivity index (χ2n) is 8.04. The van der Waals surface area contributed by atoms with Crippen molar-refractivity contribution < 1.29 is 9.59 Å². The zero-order valence-electron chi connectivity index (χ0n) is 18.3. The van der Waals surface area contributed by atoms with Crippen LogP contribution in [0.2, 0.25) is 0 Å². The molecule has 1 aromatic carbocycles. The van der Waals surface area contributed by atoms with Gasteiger partial charge in [-0.3, -0.25) is 9.59 Å². The summed E-state index contributed by atoms with van der Waals surface area (Å²) in [4.78, 5) is 39.4. The maximum absolute atomic E-state index is 12.8. The molecule has 2 amide bonds. The SMILES string of the molecule is CC(=O)N(C)c1ccc(NC(=O)C2CCN(c3ncnc4sc(C)c(C)c34)CC2)cc1. The largest absolute Gasteiger partial charge is 0.356 e. The molecule has 4 rings (SSSR count). The number of carbonyl (C=O) groups excluding carboxylic acids is 2. The molecule has 1 fully saturated rings. The van der Waals surface area contributed by atoms with Crippen molar-refractivity contribution in [2.45, 2.75) is 33.6 Å². The van der Waals surface area contributed by atoms with Gasteiger partial charge in [-0.15, -0.1) is 11.3 Å². The highest BCUT2D eigenvalue weighted by Gasteiger charge is 2.27. The van der Waals surface area contributed by atoms with E-state index in [1.54, 1.807) is 29.6 Å². The summed E-state index contributed by atoms with van der Waals surface area (Å²) in [6.45, 7) is 7.35. The molecule has 2 aromatic heterocycles. The van der Waals surface area contributed by atoms with Gasteiger partial charge in [-0.2, -0.15) is 0 Å². The topological polar surface area (TPSA) is 78.4 Å². The average Bonchev–Trinajstić information content (AvgIpc) is 3.07. The first-order chi connectivity index (χ1) is 14.8. The first kappa shape index (κ1) is 21.2. The molecule has 162 valence electrons. The summed E-state index contributed by atoms with van der Waals surface area (Å²) >= 11 is 1.70. The number of thiophene rings is 1. The number of aryl methyl sites for hydroxylation is 2. The molecule has 0 aliphatic carbocycles. The molecule has 0 atom stereocenters. The van der Waals surface area contributed by atoms with Gasteiger partial charge in [0.2, 0.25) is 11.8 Å². The molecule has 3 aromatic rings. The van der Waals surface area contributed by atoms with Gasteiger partial charge in [0.1, 0.15) is 17.0 Å². The maximum atomic E-state index is 12.8. The van der Waals surface area contributed by atoms with Gasteiger partial charge >= 0.3 is 0 Å². The van der Waals surface area contributed by atoms with Crippen LogP contribution in [-0.4, -0.2) is 41.9 Å². The van der Waals surface area contributed by atoms with Gasteiger partial charge in [0.05, 0.1) is 5.39 Å². The van der Waals surface area contributed by atoms with Crippen molar-refractivity contribution in [1.82, 2.24) is 9.97 Å². The molecule has 1 saturated heterocycles. The van der Waals surface area contributed by atoms with Gasteiger partial charge in [-0.25, -0.2) is 9.97 Å². The number of hydrogen-bond acceptors (Lipinski definition) is 6. The molecule has 31 heavy (non-hydrogen) atoms. The molecular weight excluding hydrogens is 410 g/mol. The number of rotatable bonds is 4. The van der Waals surface area contributed by atoms with E-state index in [0.29, 0.717) is 0 Å². The van der Waals surface area contributed by atoms with E-state index in [4.69, 9.17) is 0 Å². The molecular formula is C23H27N5O2S.